The number of rotatable bonds is 8. The molecule has 0 aliphatic carbocycles. The van der Waals surface area contributed by atoms with E-state index in [4.69, 9.17) is 26.7 Å². The first-order chi connectivity index (χ1) is 15.1. The van der Waals surface area contributed by atoms with E-state index in [0.717, 1.165) is 10.9 Å². The maximum absolute atomic E-state index is 13.6. The van der Waals surface area contributed by atoms with Crippen LogP contribution in [0.2, 0.25) is 0 Å². The quantitative estimate of drug-likeness (QED) is 0.142. The second-order valence-corrected chi connectivity index (χ2v) is 10.8. The minimum atomic E-state index is -5.76. The fourth-order valence-electron chi connectivity index (χ4n) is 2.83. The molecule has 3 rings (SSSR count). The van der Waals surface area contributed by atoms with E-state index in [9.17, 15) is 33.0 Å². The Hall–Kier alpha value is -1.83. The Balaban J connectivity index is 1.78. The van der Waals surface area contributed by atoms with Gasteiger partial charge < -0.3 is 35.2 Å². The van der Waals surface area contributed by atoms with E-state index in [0.29, 0.717) is 0 Å². The molecule has 0 spiro atoms. The molecule has 2 aromatic rings. The third-order valence-corrected chi connectivity index (χ3v) is 7.93. The van der Waals surface area contributed by atoms with E-state index in [1.54, 1.807) is 0 Å². The molecule has 1 fully saturated rings. The number of fused-ring (bicyclic) bond motifs is 1. The number of nitrogens with zero attached hydrogens (tertiary/aromatic N) is 4. The number of aliphatic hydroxyl groups is 1. The van der Waals surface area contributed by atoms with Gasteiger partial charge in [-0.3, -0.25) is 9.09 Å². The van der Waals surface area contributed by atoms with Crippen molar-refractivity contribution in [1.82, 2.24) is 19.5 Å². The van der Waals surface area contributed by atoms with Crippen molar-refractivity contribution in [3.8, 4) is 12.3 Å². The van der Waals surface area contributed by atoms with Crippen LogP contribution < -0.4 is 5.73 Å². The summed E-state index contributed by atoms with van der Waals surface area (Å²) < 4.78 is 66.0. The SMILES string of the molecule is C#C[C@]1(COP(=O)(O)OP(=O)(O)OP(=O)(O)O)O[C@@H](n2cnc3c(N)nc(F)nc32)C[C@@H]1O. The molecule has 0 bridgehead atoms. The standard InChI is InChI=1S/C12H15FN5O12P3/c1-2-12(4-27-32(23,24)30-33(25,26)29-31(20,21)22)6(19)3-7(28-12)18-5-15-8-9(14)16-11(13)17-10(8)18/h1,5-7,19H,3-4H2,(H,23,24)(H,25,26)(H2,14,16,17)(H2,20,21,22)/t6-,7+,12+/m0/s1. The van der Waals surface area contributed by atoms with Crippen molar-refractivity contribution in [3.63, 3.8) is 0 Å². The zero-order chi connectivity index (χ0) is 24.8. The number of aromatic nitrogens is 4. The summed E-state index contributed by atoms with van der Waals surface area (Å²) in [4.78, 5) is 46.6. The molecule has 2 aromatic heterocycles. The number of nitrogens with two attached hydrogens (primary N) is 1. The molecule has 21 heteroatoms. The summed E-state index contributed by atoms with van der Waals surface area (Å²) in [6.07, 6.45) is 2.36. The Morgan fingerprint density at radius 2 is 1.94 bits per heavy atom. The number of anilines is 1. The summed E-state index contributed by atoms with van der Waals surface area (Å²) in [5.41, 5.74) is 3.34. The van der Waals surface area contributed by atoms with Crippen molar-refractivity contribution in [1.29, 1.82) is 0 Å². The number of phosphoric acid groups is 3. The molecule has 0 saturated carbocycles. The predicted octanol–water partition coefficient (Wildman–Crippen LogP) is -0.457. The Labute approximate surface area is 182 Å². The van der Waals surface area contributed by atoms with Gasteiger partial charge in [-0.1, -0.05) is 5.92 Å². The molecule has 0 amide bonds. The van der Waals surface area contributed by atoms with Crippen molar-refractivity contribution in [2.75, 3.05) is 12.3 Å². The van der Waals surface area contributed by atoms with Crippen LogP contribution in [0, 0.1) is 18.4 Å². The van der Waals surface area contributed by atoms with Crippen LogP contribution in [0.4, 0.5) is 10.2 Å². The fraction of sp³-hybridized carbons (Fsp3) is 0.417. The number of hydrogen-bond acceptors (Lipinski definition) is 12. The summed E-state index contributed by atoms with van der Waals surface area (Å²) in [6, 6.07) is 0. The predicted molar refractivity (Wildman–Crippen MR) is 102 cm³/mol. The van der Waals surface area contributed by atoms with Crippen molar-refractivity contribution >= 4 is 40.4 Å². The van der Waals surface area contributed by atoms with Crippen LogP contribution in [-0.2, 0) is 31.6 Å². The maximum atomic E-state index is 13.6. The Morgan fingerprint density at radius 3 is 2.55 bits per heavy atom. The van der Waals surface area contributed by atoms with Crippen molar-refractivity contribution in [2.24, 2.45) is 0 Å². The number of aliphatic hydroxyl groups excluding tert-OH is 1. The van der Waals surface area contributed by atoms with Gasteiger partial charge in [0.1, 0.15) is 18.9 Å². The molecule has 1 aliphatic heterocycles. The summed E-state index contributed by atoms with van der Waals surface area (Å²) in [5.74, 6) is 1.75. The number of phosphoric ester groups is 1. The minimum absolute atomic E-state index is 0.0148. The van der Waals surface area contributed by atoms with Crippen LogP contribution >= 0.6 is 23.5 Å². The molecular weight excluding hydrogens is 518 g/mol. The Bertz CT molecular complexity index is 1260. The van der Waals surface area contributed by atoms with Gasteiger partial charge in [0, 0.05) is 6.42 Å². The van der Waals surface area contributed by atoms with Gasteiger partial charge in [-0.2, -0.15) is 23.0 Å². The summed E-state index contributed by atoms with van der Waals surface area (Å²) >= 11 is 0. The van der Waals surface area contributed by atoms with Crippen molar-refractivity contribution in [3.05, 3.63) is 12.4 Å². The van der Waals surface area contributed by atoms with Gasteiger partial charge in [0.25, 0.3) is 0 Å². The summed E-state index contributed by atoms with van der Waals surface area (Å²) in [7, 11) is -16.9. The monoisotopic (exact) mass is 533 g/mol. The van der Waals surface area contributed by atoms with Crippen LogP contribution in [0.25, 0.3) is 11.2 Å². The summed E-state index contributed by atoms with van der Waals surface area (Å²) in [5, 5.41) is 10.4. The number of hydrogen-bond donors (Lipinski definition) is 6. The van der Waals surface area contributed by atoms with Crippen LogP contribution in [0.3, 0.4) is 0 Å². The number of ether oxygens (including phenoxy) is 1. The fourth-order valence-corrected chi connectivity index (χ4v) is 5.87. The molecule has 7 N–H and O–H groups in total. The second-order valence-electron chi connectivity index (χ2n) is 6.42. The number of halogens is 1. The zero-order valence-electron chi connectivity index (χ0n) is 15.9. The lowest BCUT2D eigenvalue weighted by molar-refractivity contribution is -0.0874. The van der Waals surface area contributed by atoms with Crippen molar-refractivity contribution < 1.29 is 60.6 Å². The normalized spacial score (nSPS) is 27.2. The average molecular weight is 533 g/mol. The molecule has 2 unspecified atom stereocenters. The van der Waals surface area contributed by atoms with Gasteiger partial charge in [0.2, 0.25) is 0 Å². The topological polar surface area (TPSA) is 259 Å². The van der Waals surface area contributed by atoms with Gasteiger partial charge in [-0.25, -0.2) is 18.7 Å². The molecule has 0 radical (unpaired) electrons. The largest absolute Gasteiger partial charge is 0.490 e. The smallest absolute Gasteiger partial charge is 0.389 e. The number of imidazole rings is 1. The molecule has 182 valence electrons. The Morgan fingerprint density at radius 1 is 1.27 bits per heavy atom. The van der Waals surface area contributed by atoms with Gasteiger partial charge in [-0.05, 0) is 0 Å². The molecule has 0 aromatic carbocycles. The highest BCUT2D eigenvalue weighted by Gasteiger charge is 2.51. The van der Waals surface area contributed by atoms with E-state index in [-0.39, 0.29) is 23.4 Å². The third kappa shape index (κ3) is 5.81. The zero-order valence-corrected chi connectivity index (χ0v) is 18.6. The van der Waals surface area contributed by atoms with E-state index < -0.39 is 54.1 Å². The number of nitrogen functional groups attached to an aromatic ring is 1. The van der Waals surface area contributed by atoms with Gasteiger partial charge >= 0.3 is 29.5 Å². The lowest BCUT2D eigenvalue weighted by Crippen LogP contribution is -2.42. The van der Waals surface area contributed by atoms with Crippen LogP contribution in [0.15, 0.2) is 6.33 Å². The van der Waals surface area contributed by atoms with E-state index >= 15 is 0 Å². The second kappa shape index (κ2) is 8.75. The van der Waals surface area contributed by atoms with E-state index in [2.05, 4.69) is 28.1 Å². The molecule has 1 aliphatic rings. The molecule has 1 saturated heterocycles. The maximum Gasteiger partial charge on any atom is 0.490 e. The molecule has 17 nitrogen and oxygen atoms in total. The van der Waals surface area contributed by atoms with Crippen LogP contribution in [0.1, 0.15) is 12.6 Å². The highest BCUT2D eigenvalue weighted by molar-refractivity contribution is 7.66. The molecular formula is C12H15FN5O12P3. The van der Waals surface area contributed by atoms with Crippen molar-refractivity contribution in [2.45, 2.75) is 24.4 Å². The highest BCUT2D eigenvalue weighted by atomic mass is 31.3. The lowest BCUT2D eigenvalue weighted by atomic mass is 9.99. The molecule has 3 heterocycles. The van der Waals surface area contributed by atoms with Gasteiger partial charge in [0.15, 0.2) is 22.6 Å². The van der Waals surface area contributed by atoms with Crippen LogP contribution in [0.5, 0.6) is 0 Å². The summed E-state index contributed by atoms with van der Waals surface area (Å²) in [6.45, 7) is -1.11. The lowest BCUT2D eigenvalue weighted by Gasteiger charge is -2.27. The Kier molecular flexibility index (Phi) is 6.84. The van der Waals surface area contributed by atoms with Gasteiger partial charge in [0.05, 0.1) is 6.33 Å². The first-order valence-electron chi connectivity index (χ1n) is 8.34. The molecule has 33 heavy (non-hydrogen) atoms. The third-order valence-electron chi connectivity index (χ3n) is 4.14. The van der Waals surface area contributed by atoms with Crippen LogP contribution in [-0.4, -0.2) is 62.5 Å². The minimum Gasteiger partial charge on any atom is -0.389 e. The highest BCUT2D eigenvalue weighted by Crippen LogP contribution is 2.66. The first-order valence-corrected chi connectivity index (χ1v) is 12.9. The first kappa shape index (κ1) is 25.8. The van der Waals surface area contributed by atoms with E-state index in [1.165, 1.54) is 0 Å². The van der Waals surface area contributed by atoms with E-state index in [1.807, 2.05) is 5.92 Å². The van der Waals surface area contributed by atoms with Gasteiger partial charge in [-0.15, -0.1) is 6.42 Å². The number of terminal acetylenes is 1. The molecule has 5 atom stereocenters. The average Bonchev–Trinajstić information content (AvgIpc) is 3.18.